The highest BCUT2D eigenvalue weighted by Crippen LogP contribution is 2.23. The zero-order valence-electron chi connectivity index (χ0n) is 7.82. The van der Waals surface area contributed by atoms with E-state index in [0.29, 0.717) is 0 Å². The van der Waals surface area contributed by atoms with Gasteiger partial charge in [-0.3, -0.25) is 0 Å². The van der Waals surface area contributed by atoms with Crippen LogP contribution in [0.15, 0.2) is 22.7 Å². The zero-order chi connectivity index (χ0) is 9.14. The Bertz CT molecular complexity index is 264. The molecule has 0 atom stereocenters. The van der Waals surface area contributed by atoms with E-state index >= 15 is 0 Å². The van der Waals surface area contributed by atoms with Crippen molar-refractivity contribution in [2.75, 3.05) is 0 Å². The van der Waals surface area contributed by atoms with E-state index in [4.69, 9.17) is 0 Å². The van der Waals surface area contributed by atoms with Gasteiger partial charge in [-0.05, 0) is 35.6 Å². The fourth-order valence-corrected chi connectivity index (χ4v) is 1.68. The normalized spacial score (nSPS) is 10.8. The van der Waals surface area contributed by atoms with Gasteiger partial charge in [0, 0.05) is 4.47 Å². The van der Waals surface area contributed by atoms with Crippen molar-refractivity contribution in [3.8, 4) is 0 Å². The van der Waals surface area contributed by atoms with Crippen LogP contribution in [-0.4, -0.2) is 0 Å². The number of hydrogen-bond acceptors (Lipinski definition) is 0. The van der Waals surface area contributed by atoms with E-state index < -0.39 is 0 Å². The summed E-state index contributed by atoms with van der Waals surface area (Å²) >= 11 is 3.48. The molecule has 1 radical (unpaired) electrons. The monoisotopic (exact) mass is 225 g/mol. The minimum absolute atomic E-state index is 1.10. The summed E-state index contributed by atoms with van der Waals surface area (Å²) in [7, 11) is 0. The number of rotatable bonds is 2. The van der Waals surface area contributed by atoms with Gasteiger partial charge in [0.1, 0.15) is 0 Å². The minimum atomic E-state index is 1.10. The van der Waals surface area contributed by atoms with Crippen LogP contribution in [0.2, 0.25) is 0 Å². The molecule has 0 aromatic heterocycles. The molecule has 12 heavy (non-hydrogen) atoms. The molecule has 65 valence electrons. The summed E-state index contributed by atoms with van der Waals surface area (Å²) in [5, 5.41) is 0. The largest absolute Gasteiger partial charge is 0.0613 e. The van der Waals surface area contributed by atoms with E-state index in [0.717, 1.165) is 10.9 Å². The summed E-state index contributed by atoms with van der Waals surface area (Å²) in [5.74, 6) is 1.38. The Hall–Kier alpha value is -0.300. The van der Waals surface area contributed by atoms with Crippen molar-refractivity contribution in [1.82, 2.24) is 0 Å². The Morgan fingerprint density at radius 1 is 1.33 bits per heavy atom. The standard InChI is InChI=1S/C11H14Br/c1-4-9-5-6-10(12)7-11(9)8(2)3/h5-7H,4H2,1-3H3. The first kappa shape index (κ1) is 9.79. The maximum absolute atomic E-state index is 3.48. The van der Waals surface area contributed by atoms with E-state index in [1.807, 2.05) is 0 Å². The van der Waals surface area contributed by atoms with Crippen LogP contribution in [0.3, 0.4) is 0 Å². The molecule has 0 aliphatic heterocycles. The van der Waals surface area contributed by atoms with E-state index in [-0.39, 0.29) is 0 Å². The average molecular weight is 226 g/mol. The van der Waals surface area contributed by atoms with Crippen LogP contribution >= 0.6 is 15.9 Å². The second kappa shape index (κ2) is 4.08. The average Bonchev–Trinajstić information content (AvgIpc) is 2.04. The Balaban J connectivity index is 3.12. The summed E-state index contributed by atoms with van der Waals surface area (Å²) < 4.78 is 1.16. The van der Waals surface area contributed by atoms with Crippen molar-refractivity contribution in [3.63, 3.8) is 0 Å². The van der Waals surface area contributed by atoms with Gasteiger partial charge in [-0.1, -0.05) is 42.8 Å². The lowest BCUT2D eigenvalue weighted by Gasteiger charge is -2.10. The number of halogens is 1. The Kier molecular flexibility index (Phi) is 3.33. The maximum atomic E-state index is 3.48. The Morgan fingerprint density at radius 2 is 2.00 bits per heavy atom. The maximum Gasteiger partial charge on any atom is 0.0178 e. The second-order valence-electron chi connectivity index (χ2n) is 3.16. The molecule has 0 N–H and O–H groups in total. The van der Waals surface area contributed by atoms with Crippen molar-refractivity contribution in [2.24, 2.45) is 0 Å². The van der Waals surface area contributed by atoms with Gasteiger partial charge in [-0.15, -0.1) is 0 Å². The first-order valence-electron chi connectivity index (χ1n) is 4.24. The first-order valence-corrected chi connectivity index (χ1v) is 5.03. The highest BCUT2D eigenvalue weighted by Gasteiger charge is 2.05. The first-order chi connectivity index (χ1) is 5.65. The van der Waals surface area contributed by atoms with Crippen LogP contribution < -0.4 is 0 Å². The molecule has 0 amide bonds. The summed E-state index contributed by atoms with van der Waals surface area (Å²) in [6, 6.07) is 6.48. The quantitative estimate of drug-likeness (QED) is 0.715. The fourth-order valence-electron chi connectivity index (χ4n) is 1.32. The van der Waals surface area contributed by atoms with Crippen molar-refractivity contribution in [2.45, 2.75) is 27.2 Å². The number of aryl methyl sites for hydroxylation is 1. The molecule has 0 bridgehead atoms. The molecule has 0 spiro atoms. The molecule has 0 unspecified atom stereocenters. The summed E-state index contributed by atoms with van der Waals surface area (Å²) in [5.41, 5.74) is 2.81. The van der Waals surface area contributed by atoms with Gasteiger partial charge in [0.2, 0.25) is 0 Å². The molecule has 1 heteroatoms. The van der Waals surface area contributed by atoms with Crippen LogP contribution in [0.4, 0.5) is 0 Å². The van der Waals surface area contributed by atoms with Gasteiger partial charge in [0.15, 0.2) is 0 Å². The highest BCUT2D eigenvalue weighted by molar-refractivity contribution is 9.10. The van der Waals surface area contributed by atoms with Crippen molar-refractivity contribution in [3.05, 3.63) is 39.7 Å². The zero-order valence-corrected chi connectivity index (χ0v) is 9.40. The third-order valence-corrected chi connectivity index (χ3v) is 2.48. The van der Waals surface area contributed by atoms with Gasteiger partial charge in [0.25, 0.3) is 0 Å². The van der Waals surface area contributed by atoms with E-state index in [1.54, 1.807) is 0 Å². The van der Waals surface area contributed by atoms with Crippen LogP contribution in [-0.2, 0) is 6.42 Å². The Labute approximate surface area is 83.1 Å². The molecule has 0 heterocycles. The van der Waals surface area contributed by atoms with Crippen molar-refractivity contribution in [1.29, 1.82) is 0 Å². The van der Waals surface area contributed by atoms with Gasteiger partial charge in [-0.25, -0.2) is 0 Å². The molecule has 0 aliphatic rings. The highest BCUT2D eigenvalue weighted by atomic mass is 79.9. The lowest BCUT2D eigenvalue weighted by molar-refractivity contribution is 1.05. The molecule has 1 rings (SSSR count). The van der Waals surface area contributed by atoms with Gasteiger partial charge in [0.05, 0.1) is 0 Å². The van der Waals surface area contributed by atoms with E-state index in [9.17, 15) is 0 Å². The topological polar surface area (TPSA) is 0 Å². The van der Waals surface area contributed by atoms with Gasteiger partial charge in [-0.2, -0.15) is 0 Å². The SMILES string of the molecule is CCc1ccc(Br)cc1[C](C)C. The number of hydrogen-bond donors (Lipinski definition) is 0. The predicted octanol–water partition coefficient (Wildman–Crippen LogP) is 3.97. The molecule has 0 saturated carbocycles. The lowest BCUT2D eigenvalue weighted by Crippen LogP contribution is -1.95. The molecule has 0 saturated heterocycles. The van der Waals surface area contributed by atoms with Gasteiger partial charge < -0.3 is 0 Å². The molecule has 0 fully saturated rings. The smallest absolute Gasteiger partial charge is 0.0178 e. The lowest BCUT2D eigenvalue weighted by atomic mass is 9.96. The molecule has 0 aliphatic carbocycles. The van der Waals surface area contributed by atoms with Gasteiger partial charge >= 0.3 is 0 Å². The second-order valence-corrected chi connectivity index (χ2v) is 4.07. The number of benzene rings is 1. The minimum Gasteiger partial charge on any atom is -0.0613 e. The van der Waals surface area contributed by atoms with Crippen molar-refractivity contribution >= 4 is 15.9 Å². The molecule has 1 aromatic rings. The molecule has 0 nitrogen and oxygen atoms in total. The van der Waals surface area contributed by atoms with Crippen LogP contribution in [0.25, 0.3) is 0 Å². The van der Waals surface area contributed by atoms with E-state index in [2.05, 4.69) is 54.9 Å². The van der Waals surface area contributed by atoms with Crippen LogP contribution in [0, 0.1) is 5.92 Å². The van der Waals surface area contributed by atoms with E-state index in [1.165, 1.54) is 17.0 Å². The molecular formula is C11H14Br. The predicted molar refractivity (Wildman–Crippen MR) is 57.2 cm³/mol. The molecular weight excluding hydrogens is 212 g/mol. The Morgan fingerprint density at radius 3 is 2.50 bits per heavy atom. The summed E-state index contributed by atoms with van der Waals surface area (Å²) in [6.45, 7) is 6.50. The third kappa shape index (κ3) is 2.10. The molecule has 1 aromatic carbocycles. The summed E-state index contributed by atoms with van der Waals surface area (Å²) in [4.78, 5) is 0. The van der Waals surface area contributed by atoms with Crippen molar-refractivity contribution < 1.29 is 0 Å². The fraction of sp³-hybridized carbons (Fsp3) is 0.364. The third-order valence-electron chi connectivity index (χ3n) is 1.99. The van der Waals surface area contributed by atoms with Crippen LogP contribution in [0.5, 0.6) is 0 Å². The van der Waals surface area contributed by atoms with Crippen LogP contribution in [0.1, 0.15) is 31.9 Å². The summed E-state index contributed by atoms with van der Waals surface area (Å²) in [6.07, 6.45) is 1.10.